The summed E-state index contributed by atoms with van der Waals surface area (Å²) in [5, 5.41) is 11.2. The fraction of sp³-hybridized carbons (Fsp3) is 0.462. The molecular formula is C13H19N5O. The summed E-state index contributed by atoms with van der Waals surface area (Å²) in [5.74, 6) is -0.121. The largest absolute Gasteiger partial charge is 0.351 e. The maximum atomic E-state index is 11.8. The minimum Gasteiger partial charge on any atom is -0.351 e. The highest BCUT2D eigenvalue weighted by Crippen LogP contribution is 1.98. The molecule has 0 aliphatic rings. The minimum absolute atomic E-state index is 0.121. The third-order valence-electron chi connectivity index (χ3n) is 2.96. The van der Waals surface area contributed by atoms with Gasteiger partial charge in [0.15, 0.2) is 0 Å². The summed E-state index contributed by atoms with van der Waals surface area (Å²) in [6.07, 6.45) is 4.44. The second-order valence-electron chi connectivity index (χ2n) is 4.36. The summed E-state index contributed by atoms with van der Waals surface area (Å²) in [7, 11) is 0. The van der Waals surface area contributed by atoms with Crippen LogP contribution in [0.2, 0.25) is 0 Å². The molecule has 0 unspecified atom stereocenters. The Labute approximate surface area is 112 Å². The molecule has 0 atom stereocenters. The standard InChI is InChI=1S/C13H19N5O/c1-3-17-10-6-12(16-17)13(19)14-7-4-9-18-11(2)5-8-15-18/h5-6,8,10H,3-4,7,9H2,1-2H3,(H,14,19). The van der Waals surface area contributed by atoms with E-state index in [4.69, 9.17) is 0 Å². The van der Waals surface area contributed by atoms with Gasteiger partial charge < -0.3 is 5.32 Å². The van der Waals surface area contributed by atoms with Crippen molar-refractivity contribution in [2.24, 2.45) is 0 Å². The quantitative estimate of drug-likeness (QED) is 0.795. The predicted octanol–water partition coefficient (Wildman–Crippen LogP) is 1.23. The van der Waals surface area contributed by atoms with Gasteiger partial charge in [-0.15, -0.1) is 0 Å². The van der Waals surface area contributed by atoms with Crippen LogP contribution in [0.25, 0.3) is 0 Å². The molecule has 0 aliphatic heterocycles. The molecule has 19 heavy (non-hydrogen) atoms. The molecule has 6 heteroatoms. The zero-order valence-electron chi connectivity index (χ0n) is 11.3. The normalized spacial score (nSPS) is 10.6. The van der Waals surface area contributed by atoms with Gasteiger partial charge in [-0.2, -0.15) is 10.2 Å². The van der Waals surface area contributed by atoms with Crippen LogP contribution >= 0.6 is 0 Å². The third kappa shape index (κ3) is 3.43. The van der Waals surface area contributed by atoms with Crippen molar-refractivity contribution >= 4 is 5.91 Å². The number of aromatic nitrogens is 4. The molecule has 0 spiro atoms. The molecule has 0 aromatic carbocycles. The van der Waals surface area contributed by atoms with E-state index in [0.29, 0.717) is 12.2 Å². The van der Waals surface area contributed by atoms with E-state index in [1.165, 1.54) is 0 Å². The Morgan fingerprint density at radius 3 is 2.89 bits per heavy atom. The molecule has 0 saturated heterocycles. The number of rotatable bonds is 6. The molecule has 1 N–H and O–H groups in total. The fourth-order valence-corrected chi connectivity index (χ4v) is 1.81. The molecule has 2 heterocycles. The summed E-state index contributed by atoms with van der Waals surface area (Å²) in [4.78, 5) is 11.8. The zero-order chi connectivity index (χ0) is 13.7. The smallest absolute Gasteiger partial charge is 0.271 e. The van der Waals surface area contributed by atoms with E-state index in [0.717, 1.165) is 25.2 Å². The Morgan fingerprint density at radius 2 is 2.26 bits per heavy atom. The van der Waals surface area contributed by atoms with Gasteiger partial charge in [-0.05, 0) is 32.4 Å². The molecule has 0 radical (unpaired) electrons. The van der Waals surface area contributed by atoms with Gasteiger partial charge in [0.25, 0.3) is 5.91 Å². The minimum atomic E-state index is -0.121. The van der Waals surface area contributed by atoms with Gasteiger partial charge in [0.2, 0.25) is 0 Å². The van der Waals surface area contributed by atoms with Crippen LogP contribution in [0.15, 0.2) is 24.5 Å². The van der Waals surface area contributed by atoms with Gasteiger partial charge in [-0.1, -0.05) is 0 Å². The van der Waals surface area contributed by atoms with Crippen LogP contribution < -0.4 is 5.32 Å². The van der Waals surface area contributed by atoms with Gasteiger partial charge in [0.1, 0.15) is 5.69 Å². The Kier molecular flexibility index (Phi) is 4.33. The molecule has 0 bridgehead atoms. The molecule has 102 valence electrons. The van der Waals surface area contributed by atoms with Gasteiger partial charge in [0, 0.05) is 37.7 Å². The van der Waals surface area contributed by atoms with Gasteiger partial charge >= 0.3 is 0 Å². The lowest BCUT2D eigenvalue weighted by Gasteiger charge is -2.05. The Balaban J connectivity index is 1.73. The number of carbonyl (C=O) groups excluding carboxylic acids is 1. The van der Waals surface area contributed by atoms with Crippen LogP contribution in [0.4, 0.5) is 0 Å². The van der Waals surface area contributed by atoms with Crippen molar-refractivity contribution in [3.8, 4) is 0 Å². The molecule has 2 aromatic rings. The second kappa shape index (κ2) is 6.17. The SMILES string of the molecule is CCn1ccc(C(=O)NCCCn2nccc2C)n1. The van der Waals surface area contributed by atoms with Gasteiger partial charge in [-0.3, -0.25) is 14.2 Å². The number of nitrogens with one attached hydrogen (secondary N) is 1. The molecule has 0 aliphatic carbocycles. The lowest BCUT2D eigenvalue weighted by molar-refractivity contribution is 0.0947. The van der Waals surface area contributed by atoms with Crippen molar-refractivity contribution in [1.82, 2.24) is 24.9 Å². The fourth-order valence-electron chi connectivity index (χ4n) is 1.81. The highest BCUT2D eigenvalue weighted by atomic mass is 16.1. The Hall–Kier alpha value is -2.11. The first-order valence-corrected chi connectivity index (χ1v) is 6.50. The zero-order valence-corrected chi connectivity index (χ0v) is 11.3. The van der Waals surface area contributed by atoms with Gasteiger partial charge in [0.05, 0.1) is 0 Å². The van der Waals surface area contributed by atoms with E-state index in [1.807, 2.05) is 30.8 Å². The number of nitrogens with zero attached hydrogens (tertiary/aromatic N) is 4. The van der Waals surface area contributed by atoms with Gasteiger partial charge in [-0.25, -0.2) is 0 Å². The maximum Gasteiger partial charge on any atom is 0.271 e. The number of carbonyl (C=O) groups is 1. The van der Waals surface area contributed by atoms with E-state index in [-0.39, 0.29) is 5.91 Å². The Bertz CT molecular complexity index is 543. The van der Waals surface area contributed by atoms with Crippen LogP contribution in [-0.2, 0) is 13.1 Å². The molecular weight excluding hydrogens is 242 g/mol. The lowest BCUT2D eigenvalue weighted by atomic mass is 10.3. The number of aryl methyl sites for hydroxylation is 3. The summed E-state index contributed by atoms with van der Waals surface area (Å²) in [5.41, 5.74) is 1.60. The molecule has 2 rings (SSSR count). The van der Waals surface area contributed by atoms with Crippen LogP contribution in [0.3, 0.4) is 0 Å². The number of hydrogen-bond donors (Lipinski definition) is 1. The van der Waals surface area contributed by atoms with Crippen LogP contribution in [0.1, 0.15) is 29.5 Å². The van der Waals surface area contributed by atoms with Crippen molar-refractivity contribution in [1.29, 1.82) is 0 Å². The predicted molar refractivity (Wildman–Crippen MR) is 71.8 cm³/mol. The molecule has 0 saturated carbocycles. The van der Waals surface area contributed by atoms with Crippen LogP contribution in [0.5, 0.6) is 0 Å². The van der Waals surface area contributed by atoms with Crippen molar-refractivity contribution < 1.29 is 4.79 Å². The first-order chi connectivity index (χ1) is 9.20. The van der Waals surface area contributed by atoms with E-state index in [9.17, 15) is 4.79 Å². The highest BCUT2D eigenvalue weighted by Gasteiger charge is 2.08. The van der Waals surface area contributed by atoms with E-state index in [1.54, 1.807) is 16.9 Å². The molecule has 0 fully saturated rings. The molecule has 2 aromatic heterocycles. The van der Waals surface area contributed by atoms with Crippen molar-refractivity contribution in [2.45, 2.75) is 33.4 Å². The van der Waals surface area contributed by atoms with E-state index < -0.39 is 0 Å². The Morgan fingerprint density at radius 1 is 1.42 bits per heavy atom. The third-order valence-corrected chi connectivity index (χ3v) is 2.96. The first kappa shape index (κ1) is 13.3. The summed E-state index contributed by atoms with van der Waals surface area (Å²) < 4.78 is 3.67. The van der Waals surface area contributed by atoms with E-state index in [2.05, 4.69) is 15.5 Å². The van der Waals surface area contributed by atoms with Crippen LogP contribution in [-0.4, -0.2) is 32.0 Å². The lowest BCUT2D eigenvalue weighted by Crippen LogP contribution is -2.26. The number of hydrogen-bond acceptors (Lipinski definition) is 3. The second-order valence-corrected chi connectivity index (χ2v) is 4.36. The first-order valence-electron chi connectivity index (χ1n) is 6.50. The average Bonchev–Trinajstić information content (AvgIpc) is 3.03. The van der Waals surface area contributed by atoms with Crippen molar-refractivity contribution in [3.63, 3.8) is 0 Å². The summed E-state index contributed by atoms with van der Waals surface area (Å²) in [6, 6.07) is 3.70. The van der Waals surface area contributed by atoms with Crippen molar-refractivity contribution in [2.75, 3.05) is 6.54 Å². The average molecular weight is 261 g/mol. The highest BCUT2D eigenvalue weighted by molar-refractivity contribution is 5.92. The number of amides is 1. The van der Waals surface area contributed by atoms with E-state index >= 15 is 0 Å². The molecule has 6 nitrogen and oxygen atoms in total. The topological polar surface area (TPSA) is 64.7 Å². The summed E-state index contributed by atoms with van der Waals surface area (Å²) >= 11 is 0. The monoisotopic (exact) mass is 261 g/mol. The molecule has 1 amide bonds. The van der Waals surface area contributed by atoms with Crippen LogP contribution in [0, 0.1) is 6.92 Å². The van der Waals surface area contributed by atoms with Crippen molar-refractivity contribution in [3.05, 3.63) is 35.9 Å². The summed E-state index contributed by atoms with van der Waals surface area (Å²) in [6.45, 7) is 6.20. The maximum absolute atomic E-state index is 11.8.